The molecule has 2 aromatic carbocycles. The molecule has 0 fully saturated rings. The first-order valence-corrected chi connectivity index (χ1v) is 11.4. The number of hydrogen-bond donors (Lipinski definition) is 4. The number of carbonyl (C=O) groups is 1. The fraction of sp³-hybridized carbons (Fsp3) is 0.125. The van der Waals surface area contributed by atoms with Gasteiger partial charge in [-0.2, -0.15) is 8.42 Å². The van der Waals surface area contributed by atoms with Crippen LogP contribution in [0.2, 0.25) is 0 Å². The van der Waals surface area contributed by atoms with E-state index in [1.807, 2.05) is 0 Å². The molecule has 0 atom stereocenters. The standard InChI is InChI=1S/C16H16N4O6S2/c1-17-28(25,26)27(23,24)12-5-2-10(3-6-12)8-15(21)18-11-4-7-13-14(9-11)20-16(22)19-13/h2-7,9,17H,8H2,1H3,(H,18,21)(H2,19,20,22). The molecule has 3 rings (SSSR count). The van der Waals surface area contributed by atoms with Gasteiger partial charge in [-0.1, -0.05) is 12.1 Å². The molecule has 0 aliphatic rings. The number of imidazole rings is 1. The maximum atomic E-state index is 12.2. The second kappa shape index (κ2) is 7.22. The first-order chi connectivity index (χ1) is 13.1. The van der Waals surface area contributed by atoms with Crippen LogP contribution in [0.1, 0.15) is 5.56 Å². The Kier molecular flexibility index (Phi) is 5.10. The quantitative estimate of drug-likeness (QED) is 0.416. The van der Waals surface area contributed by atoms with Crippen molar-refractivity contribution >= 4 is 40.6 Å². The van der Waals surface area contributed by atoms with Crippen LogP contribution < -0.4 is 15.7 Å². The van der Waals surface area contributed by atoms with Gasteiger partial charge < -0.3 is 15.3 Å². The van der Waals surface area contributed by atoms with Crippen molar-refractivity contribution in [2.24, 2.45) is 0 Å². The van der Waals surface area contributed by atoms with Crippen molar-refractivity contribution in [1.29, 1.82) is 0 Å². The molecule has 4 N–H and O–H groups in total. The molecule has 12 heteroatoms. The van der Waals surface area contributed by atoms with Gasteiger partial charge >= 0.3 is 14.7 Å². The molecule has 148 valence electrons. The molecule has 0 aliphatic carbocycles. The highest BCUT2D eigenvalue weighted by atomic mass is 33.2. The number of nitrogens with one attached hydrogen (secondary N) is 4. The zero-order chi connectivity index (χ0) is 20.5. The summed E-state index contributed by atoms with van der Waals surface area (Å²) in [6.45, 7) is 0. The summed E-state index contributed by atoms with van der Waals surface area (Å²) in [4.78, 5) is 28.2. The van der Waals surface area contributed by atoms with Crippen molar-refractivity contribution in [3.8, 4) is 0 Å². The van der Waals surface area contributed by atoms with Crippen LogP contribution in [0.15, 0.2) is 52.2 Å². The lowest BCUT2D eigenvalue weighted by atomic mass is 10.1. The molecular formula is C16H16N4O6S2. The highest BCUT2D eigenvalue weighted by Crippen LogP contribution is 2.18. The van der Waals surface area contributed by atoms with Crippen molar-refractivity contribution in [2.45, 2.75) is 11.3 Å². The fourth-order valence-corrected chi connectivity index (χ4v) is 5.21. The van der Waals surface area contributed by atoms with Crippen molar-refractivity contribution in [3.63, 3.8) is 0 Å². The van der Waals surface area contributed by atoms with E-state index in [4.69, 9.17) is 0 Å². The number of carbonyl (C=O) groups excluding carboxylic acids is 1. The average molecular weight is 424 g/mol. The molecule has 0 spiro atoms. The third-order valence-electron chi connectivity index (χ3n) is 3.92. The average Bonchev–Trinajstić information content (AvgIpc) is 3.01. The van der Waals surface area contributed by atoms with Gasteiger partial charge in [0.05, 0.1) is 22.3 Å². The zero-order valence-electron chi connectivity index (χ0n) is 14.5. The van der Waals surface area contributed by atoms with Crippen LogP contribution in [0.5, 0.6) is 0 Å². The molecule has 0 saturated carbocycles. The molecule has 1 amide bonds. The summed E-state index contributed by atoms with van der Waals surface area (Å²) in [7, 11) is -8.10. The minimum atomic E-state index is -4.57. The third-order valence-corrected chi connectivity index (χ3v) is 8.65. The van der Waals surface area contributed by atoms with Gasteiger partial charge in [0.1, 0.15) is 0 Å². The molecule has 0 aliphatic heterocycles. The summed E-state index contributed by atoms with van der Waals surface area (Å²) in [6, 6.07) is 9.86. The van der Waals surface area contributed by atoms with Crippen LogP contribution in [0.3, 0.4) is 0 Å². The summed E-state index contributed by atoms with van der Waals surface area (Å²) < 4.78 is 49.0. The summed E-state index contributed by atoms with van der Waals surface area (Å²) in [6.07, 6.45) is -0.0548. The number of hydrogen-bond acceptors (Lipinski definition) is 6. The van der Waals surface area contributed by atoms with E-state index in [9.17, 15) is 26.4 Å². The van der Waals surface area contributed by atoms with E-state index < -0.39 is 22.8 Å². The largest absolute Gasteiger partial charge is 0.326 e. The summed E-state index contributed by atoms with van der Waals surface area (Å²) >= 11 is 0. The van der Waals surface area contributed by atoms with Crippen molar-refractivity contribution in [2.75, 3.05) is 12.4 Å². The van der Waals surface area contributed by atoms with Crippen LogP contribution in [0, 0.1) is 0 Å². The number of amides is 1. The second-order valence-electron chi connectivity index (χ2n) is 5.82. The predicted molar refractivity (Wildman–Crippen MR) is 103 cm³/mol. The van der Waals surface area contributed by atoms with Crippen molar-refractivity contribution in [1.82, 2.24) is 14.7 Å². The van der Waals surface area contributed by atoms with Crippen LogP contribution >= 0.6 is 0 Å². The smallest absolute Gasteiger partial charge is 0.323 e. The number of aromatic nitrogens is 2. The summed E-state index contributed by atoms with van der Waals surface area (Å²) in [5, 5.41) is 2.67. The molecule has 1 aromatic heterocycles. The highest BCUT2D eigenvalue weighted by molar-refractivity contribution is 8.66. The van der Waals surface area contributed by atoms with E-state index in [1.165, 1.54) is 12.1 Å². The molecule has 1 heterocycles. The molecule has 3 aromatic rings. The van der Waals surface area contributed by atoms with Gasteiger partial charge in [-0.15, -0.1) is 0 Å². The third kappa shape index (κ3) is 3.83. The molecule has 28 heavy (non-hydrogen) atoms. The molecular weight excluding hydrogens is 408 g/mol. The summed E-state index contributed by atoms with van der Waals surface area (Å²) in [5.74, 6) is -0.365. The monoisotopic (exact) mass is 424 g/mol. The van der Waals surface area contributed by atoms with E-state index in [0.29, 0.717) is 22.3 Å². The Bertz CT molecular complexity index is 1310. The minimum absolute atomic E-state index is 0.0548. The van der Waals surface area contributed by atoms with E-state index >= 15 is 0 Å². The Morgan fingerprint density at radius 3 is 2.25 bits per heavy atom. The van der Waals surface area contributed by atoms with Gasteiger partial charge in [0.25, 0.3) is 8.87 Å². The normalized spacial score (nSPS) is 12.2. The maximum Gasteiger partial charge on any atom is 0.323 e. The van der Waals surface area contributed by atoms with Gasteiger partial charge in [-0.3, -0.25) is 4.79 Å². The SMILES string of the molecule is CNS(=O)(=O)S(=O)(=O)c1ccc(CC(=O)Nc2ccc3[nH]c(=O)[nH]c3c2)cc1. The molecule has 10 nitrogen and oxygen atoms in total. The number of H-pyrrole nitrogens is 2. The fourth-order valence-electron chi connectivity index (χ4n) is 2.51. The van der Waals surface area contributed by atoms with Crippen LogP contribution in [0.4, 0.5) is 5.69 Å². The molecule has 0 bridgehead atoms. The summed E-state index contributed by atoms with van der Waals surface area (Å²) in [5.41, 5.74) is 1.77. The maximum absolute atomic E-state index is 12.2. The Labute approximate surface area is 159 Å². The van der Waals surface area contributed by atoms with Crippen LogP contribution in [0.25, 0.3) is 11.0 Å². The first kappa shape index (κ1) is 19.8. The Hall–Kier alpha value is -2.96. The lowest BCUT2D eigenvalue weighted by molar-refractivity contribution is -0.115. The Morgan fingerprint density at radius 1 is 0.964 bits per heavy atom. The number of fused-ring (bicyclic) bond motifs is 1. The Morgan fingerprint density at radius 2 is 1.61 bits per heavy atom. The topological polar surface area (TPSA) is 158 Å². The predicted octanol–water partition coefficient (Wildman–Crippen LogP) is 0.275. The minimum Gasteiger partial charge on any atom is -0.326 e. The van der Waals surface area contributed by atoms with Gasteiger partial charge in [-0.05, 0) is 42.9 Å². The van der Waals surface area contributed by atoms with E-state index in [2.05, 4.69) is 15.3 Å². The van der Waals surface area contributed by atoms with Gasteiger partial charge in [0.2, 0.25) is 5.91 Å². The molecule has 0 radical (unpaired) electrons. The number of anilines is 1. The molecule has 0 unspecified atom stereocenters. The van der Waals surface area contributed by atoms with Gasteiger partial charge in [0, 0.05) is 5.69 Å². The van der Waals surface area contributed by atoms with E-state index in [1.54, 1.807) is 22.9 Å². The molecule has 0 saturated heterocycles. The number of rotatable bonds is 6. The van der Waals surface area contributed by atoms with E-state index in [-0.39, 0.29) is 18.0 Å². The zero-order valence-corrected chi connectivity index (χ0v) is 16.1. The lowest BCUT2D eigenvalue weighted by Gasteiger charge is -2.07. The van der Waals surface area contributed by atoms with Crippen LogP contribution in [-0.2, 0) is 29.1 Å². The van der Waals surface area contributed by atoms with Gasteiger partial charge in [0.15, 0.2) is 0 Å². The van der Waals surface area contributed by atoms with Gasteiger partial charge in [-0.25, -0.2) is 17.9 Å². The number of aromatic amines is 2. The number of benzene rings is 2. The Balaban J connectivity index is 1.72. The van der Waals surface area contributed by atoms with Crippen molar-refractivity contribution in [3.05, 3.63) is 58.5 Å². The van der Waals surface area contributed by atoms with Crippen LogP contribution in [-0.4, -0.2) is 39.8 Å². The van der Waals surface area contributed by atoms with E-state index in [0.717, 1.165) is 19.2 Å². The highest BCUT2D eigenvalue weighted by Gasteiger charge is 2.30. The first-order valence-electron chi connectivity index (χ1n) is 7.92. The lowest BCUT2D eigenvalue weighted by Crippen LogP contribution is -2.27. The second-order valence-corrected chi connectivity index (χ2v) is 11.1. The van der Waals surface area contributed by atoms with Crippen molar-refractivity contribution < 1.29 is 21.6 Å².